The van der Waals surface area contributed by atoms with Gasteiger partial charge >= 0.3 is 0 Å². The number of hydrogen-bond acceptors (Lipinski definition) is 3. The van der Waals surface area contributed by atoms with Crippen molar-refractivity contribution in [1.29, 1.82) is 5.26 Å². The van der Waals surface area contributed by atoms with E-state index in [1.54, 1.807) is 26.2 Å². The van der Waals surface area contributed by atoms with Gasteiger partial charge in [-0.25, -0.2) is 0 Å². The monoisotopic (exact) mass is 217 g/mol. The van der Waals surface area contributed by atoms with Gasteiger partial charge in [-0.1, -0.05) is 6.07 Å². The largest absolute Gasteiger partial charge is 0.339 e. The lowest BCUT2D eigenvalue weighted by Crippen LogP contribution is -2.31. The molecule has 1 unspecified atom stereocenters. The van der Waals surface area contributed by atoms with E-state index < -0.39 is 0 Å². The minimum Gasteiger partial charge on any atom is -0.339 e. The second kappa shape index (κ2) is 5.26. The van der Waals surface area contributed by atoms with E-state index in [4.69, 9.17) is 5.26 Å². The molecule has 0 bridgehead atoms. The lowest BCUT2D eigenvalue weighted by molar-refractivity contribution is 0.0778. The molecule has 1 heterocycles. The van der Waals surface area contributed by atoms with E-state index in [2.05, 4.69) is 11.1 Å². The highest BCUT2D eigenvalue weighted by Gasteiger charge is 2.16. The molecule has 0 saturated heterocycles. The number of rotatable bonds is 3. The maximum Gasteiger partial charge on any atom is 0.272 e. The minimum atomic E-state index is -0.169. The zero-order valence-electron chi connectivity index (χ0n) is 9.77. The molecule has 0 N–H and O–H groups in total. The van der Waals surface area contributed by atoms with Crippen LogP contribution >= 0.6 is 0 Å². The van der Waals surface area contributed by atoms with Gasteiger partial charge in [0.1, 0.15) is 5.69 Å². The molecule has 0 aromatic carbocycles. The molecule has 1 rings (SSSR count). The molecule has 0 fully saturated rings. The van der Waals surface area contributed by atoms with Crippen molar-refractivity contribution in [3.8, 4) is 6.07 Å². The number of carbonyl (C=O) groups is 1. The van der Waals surface area contributed by atoms with Crippen molar-refractivity contribution in [3.05, 3.63) is 29.6 Å². The topological polar surface area (TPSA) is 57.0 Å². The Hall–Kier alpha value is -1.89. The Morgan fingerprint density at radius 3 is 2.94 bits per heavy atom. The molecule has 4 heteroatoms. The van der Waals surface area contributed by atoms with Crippen LogP contribution in [0.3, 0.4) is 0 Å². The van der Waals surface area contributed by atoms with Crippen LogP contribution in [0.5, 0.6) is 0 Å². The average molecular weight is 217 g/mol. The third-order valence-corrected chi connectivity index (χ3v) is 2.33. The number of aryl methyl sites for hydroxylation is 1. The van der Waals surface area contributed by atoms with Crippen molar-refractivity contribution in [2.75, 3.05) is 13.6 Å². The fourth-order valence-corrected chi connectivity index (χ4v) is 1.42. The molecule has 1 aromatic heterocycles. The van der Waals surface area contributed by atoms with Crippen molar-refractivity contribution >= 4 is 5.91 Å². The fourth-order valence-electron chi connectivity index (χ4n) is 1.42. The number of pyridine rings is 1. The first kappa shape index (κ1) is 12.2. The molecule has 0 aliphatic carbocycles. The van der Waals surface area contributed by atoms with E-state index in [0.717, 1.165) is 5.56 Å². The Morgan fingerprint density at radius 1 is 1.69 bits per heavy atom. The van der Waals surface area contributed by atoms with E-state index in [0.29, 0.717) is 12.2 Å². The summed E-state index contributed by atoms with van der Waals surface area (Å²) in [4.78, 5) is 17.6. The summed E-state index contributed by atoms with van der Waals surface area (Å²) in [6.45, 7) is 4.06. The lowest BCUT2D eigenvalue weighted by Gasteiger charge is -2.18. The van der Waals surface area contributed by atoms with Crippen molar-refractivity contribution in [3.63, 3.8) is 0 Å². The lowest BCUT2D eigenvalue weighted by atomic mass is 10.1. The Bertz CT molecular complexity index is 423. The summed E-state index contributed by atoms with van der Waals surface area (Å²) in [7, 11) is 1.68. The molecule has 16 heavy (non-hydrogen) atoms. The molecular weight excluding hydrogens is 202 g/mol. The van der Waals surface area contributed by atoms with Crippen LogP contribution in [-0.4, -0.2) is 29.4 Å². The standard InChI is InChI=1S/C12H15N3O/c1-9(7-13)8-15(3)12(16)11-10(2)5-4-6-14-11/h4-6,9H,8H2,1-3H3. The first-order valence-corrected chi connectivity index (χ1v) is 5.13. The Balaban J connectivity index is 2.80. The molecule has 1 amide bonds. The summed E-state index contributed by atoms with van der Waals surface area (Å²) >= 11 is 0. The van der Waals surface area contributed by atoms with E-state index in [-0.39, 0.29) is 11.8 Å². The van der Waals surface area contributed by atoms with Gasteiger partial charge in [0, 0.05) is 19.8 Å². The Kier molecular flexibility index (Phi) is 4.01. The Morgan fingerprint density at radius 2 is 2.38 bits per heavy atom. The second-order valence-electron chi connectivity index (χ2n) is 3.88. The molecule has 1 atom stereocenters. The third kappa shape index (κ3) is 2.80. The summed E-state index contributed by atoms with van der Waals surface area (Å²) in [6.07, 6.45) is 1.60. The number of nitriles is 1. The molecule has 0 saturated carbocycles. The van der Waals surface area contributed by atoms with Crippen LogP contribution in [0.15, 0.2) is 18.3 Å². The number of nitrogens with zero attached hydrogens (tertiary/aromatic N) is 3. The summed E-state index contributed by atoms with van der Waals surface area (Å²) in [5.41, 5.74) is 1.30. The predicted molar refractivity (Wildman–Crippen MR) is 60.7 cm³/mol. The maximum absolute atomic E-state index is 12.0. The van der Waals surface area contributed by atoms with E-state index in [1.807, 2.05) is 13.0 Å². The van der Waals surface area contributed by atoms with Gasteiger partial charge in [0.25, 0.3) is 5.91 Å². The smallest absolute Gasteiger partial charge is 0.272 e. The van der Waals surface area contributed by atoms with Crippen molar-refractivity contribution < 1.29 is 4.79 Å². The van der Waals surface area contributed by atoms with Gasteiger partial charge in [-0.15, -0.1) is 0 Å². The van der Waals surface area contributed by atoms with Crippen LogP contribution in [-0.2, 0) is 0 Å². The molecule has 4 nitrogen and oxygen atoms in total. The third-order valence-electron chi connectivity index (χ3n) is 2.33. The highest BCUT2D eigenvalue weighted by Crippen LogP contribution is 2.07. The van der Waals surface area contributed by atoms with Gasteiger partial charge < -0.3 is 4.90 Å². The highest BCUT2D eigenvalue weighted by molar-refractivity contribution is 5.93. The number of carbonyl (C=O) groups excluding carboxylic acids is 1. The van der Waals surface area contributed by atoms with Gasteiger partial charge in [-0.05, 0) is 25.5 Å². The molecule has 0 aliphatic heterocycles. The van der Waals surface area contributed by atoms with Gasteiger partial charge in [0.05, 0.1) is 12.0 Å². The number of amides is 1. The van der Waals surface area contributed by atoms with E-state index >= 15 is 0 Å². The van der Waals surface area contributed by atoms with Crippen molar-refractivity contribution in [1.82, 2.24) is 9.88 Å². The average Bonchev–Trinajstić information content (AvgIpc) is 2.28. The maximum atomic E-state index is 12.0. The molecule has 1 aromatic rings. The van der Waals surface area contributed by atoms with Crippen molar-refractivity contribution in [2.24, 2.45) is 5.92 Å². The molecular formula is C12H15N3O. The van der Waals surface area contributed by atoms with Crippen LogP contribution < -0.4 is 0 Å². The predicted octanol–water partition coefficient (Wildman–Crippen LogP) is 1.62. The van der Waals surface area contributed by atoms with Crippen molar-refractivity contribution in [2.45, 2.75) is 13.8 Å². The summed E-state index contributed by atoms with van der Waals surface area (Å²) in [6, 6.07) is 5.75. The van der Waals surface area contributed by atoms with Crippen LogP contribution in [0.1, 0.15) is 23.0 Å². The summed E-state index contributed by atoms with van der Waals surface area (Å²) in [5, 5.41) is 8.69. The minimum absolute atomic E-state index is 0.139. The summed E-state index contributed by atoms with van der Waals surface area (Å²) < 4.78 is 0. The SMILES string of the molecule is Cc1cccnc1C(=O)N(C)CC(C)C#N. The van der Waals surface area contributed by atoms with Crippen LogP contribution in [0.4, 0.5) is 0 Å². The van der Waals surface area contributed by atoms with Gasteiger partial charge in [0.15, 0.2) is 0 Å². The number of hydrogen-bond donors (Lipinski definition) is 0. The first-order valence-electron chi connectivity index (χ1n) is 5.13. The van der Waals surface area contributed by atoms with Crippen LogP contribution in [0.2, 0.25) is 0 Å². The van der Waals surface area contributed by atoms with Gasteiger partial charge in [-0.2, -0.15) is 5.26 Å². The van der Waals surface area contributed by atoms with Gasteiger partial charge in [-0.3, -0.25) is 9.78 Å². The normalized spacial score (nSPS) is 11.6. The summed E-state index contributed by atoms with van der Waals surface area (Å²) in [5.74, 6) is -0.307. The zero-order chi connectivity index (χ0) is 12.1. The quantitative estimate of drug-likeness (QED) is 0.773. The van der Waals surface area contributed by atoms with E-state index in [9.17, 15) is 4.79 Å². The fraction of sp³-hybridized carbons (Fsp3) is 0.417. The second-order valence-corrected chi connectivity index (χ2v) is 3.88. The highest BCUT2D eigenvalue weighted by atomic mass is 16.2. The zero-order valence-corrected chi connectivity index (χ0v) is 9.77. The molecule has 0 aliphatic rings. The van der Waals surface area contributed by atoms with Crippen LogP contribution in [0.25, 0.3) is 0 Å². The van der Waals surface area contributed by atoms with E-state index in [1.165, 1.54) is 4.90 Å². The Labute approximate surface area is 95.5 Å². The first-order chi connectivity index (χ1) is 7.56. The molecule has 0 spiro atoms. The van der Waals surface area contributed by atoms with Gasteiger partial charge in [0.2, 0.25) is 0 Å². The molecule has 84 valence electrons. The molecule has 0 radical (unpaired) electrons. The number of aromatic nitrogens is 1. The van der Waals surface area contributed by atoms with Crippen LogP contribution in [0, 0.1) is 24.2 Å².